The molecule has 0 bridgehead atoms. The average molecular weight is 216 g/mol. The Balaban J connectivity index is 2.40. The molecule has 16 heavy (non-hydrogen) atoms. The van der Waals surface area contributed by atoms with Gasteiger partial charge in [-0.15, -0.1) is 0 Å². The average Bonchev–Trinajstić information content (AvgIpc) is 2.69. The molecule has 1 N–H and O–H groups in total. The van der Waals surface area contributed by atoms with E-state index >= 15 is 0 Å². The Morgan fingerprint density at radius 2 is 2.19 bits per heavy atom. The summed E-state index contributed by atoms with van der Waals surface area (Å²) in [5, 5.41) is 7.49. The number of aromatic nitrogens is 3. The van der Waals surface area contributed by atoms with Crippen LogP contribution in [0.15, 0.2) is 30.9 Å². The van der Waals surface area contributed by atoms with Gasteiger partial charge in [0, 0.05) is 31.2 Å². The molecule has 0 radical (unpaired) electrons. The minimum absolute atomic E-state index is 0.155. The summed E-state index contributed by atoms with van der Waals surface area (Å²) in [6.45, 7) is 2.09. The molecule has 0 fully saturated rings. The van der Waals surface area contributed by atoms with Crippen molar-refractivity contribution in [3.8, 4) is 0 Å². The molecule has 1 atom stereocenters. The lowest BCUT2D eigenvalue weighted by atomic mass is 9.99. The second-order valence-electron chi connectivity index (χ2n) is 3.90. The van der Waals surface area contributed by atoms with Crippen molar-refractivity contribution in [1.82, 2.24) is 20.1 Å². The van der Waals surface area contributed by atoms with E-state index in [9.17, 15) is 0 Å². The normalized spacial score (nSPS) is 12.7. The van der Waals surface area contributed by atoms with Crippen LogP contribution in [0.3, 0.4) is 0 Å². The number of rotatable bonds is 3. The molecule has 0 saturated heterocycles. The second-order valence-corrected chi connectivity index (χ2v) is 3.90. The highest BCUT2D eigenvalue weighted by Crippen LogP contribution is 2.22. The molecule has 0 saturated carbocycles. The standard InChI is InChI=1S/C12H16N4/c1-9-4-5-14-7-11(9)12(13-2)10-6-15-16(3)8-10/h4-8,12-13H,1-3H3. The first-order valence-corrected chi connectivity index (χ1v) is 5.28. The largest absolute Gasteiger partial charge is 0.309 e. The molecule has 2 aromatic rings. The fourth-order valence-corrected chi connectivity index (χ4v) is 1.87. The van der Waals surface area contributed by atoms with Crippen LogP contribution >= 0.6 is 0 Å². The molecule has 2 rings (SSSR count). The third-order valence-corrected chi connectivity index (χ3v) is 2.74. The molecule has 4 nitrogen and oxygen atoms in total. The quantitative estimate of drug-likeness (QED) is 0.844. The first-order valence-electron chi connectivity index (χ1n) is 5.28. The first-order chi connectivity index (χ1) is 7.72. The maximum absolute atomic E-state index is 4.20. The molecule has 0 spiro atoms. The lowest BCUT2D eigenvalue weighted by molar-refractivity contribution is 0.682. The minimum Gasteiger partial charge on any atom is -0.309 e. The summed E-state index contributed by atoms with van der Waals surface area (Å²) in [6, 6.07) is 2.18. The van der Waals surface area contributed by atoms with Crippen molar-refractivity contribution in [3.05, 3.63) is 47.5 Å². The molecule has 84 valence electrons. The summed E-state index contributed by atoms with van der Waals surface area (Å²) in [5.41, 5.74) is 3.58. The third kappa shape index (κ3) is 1.97. The predicted molar refractivity (Wildman–Crippen MR) is 63.1 cm³/mol. The van der Waals surface area contributed by atoms with E-state index in [-0.39, 0.29) is 6.04 Å². The van der Waals surface area contributed by atoms with E-state index in [0.717, 1.165) is 5.56 Å². The van der Waals surface area contributed by atoms with Crippen molar-refractivity contribution in [2.75, 3.05) is 7.05 Å². The van der Waals surface area contributed by atoms with Crippen LogP contribution in [0, 0.1) is 6.92 Å². The lowest BCUT2D eigenvalue weighted by Gasteiger charge is -2.16. The second kappa shape index (κ2) is 4.45. The van der Waals surface area contributed by atoms with Crippen LogP contribution in [0.5, 0.6) is 0 Å². The van der Waals surface area contributed by atoms with E-state index < -0.39 is 0 Å². The number of nitrogens with zero attached hydrogens (tertiary/aromatic N) is 3. The van der Waals surface area contributed by atoms with Gasteiger partial charge in [0.1, 0.15) is 0 Å². The van der Waals surface area contributed by atoms with Crippen LogP contribution in [0.2, 0.25) is 0 Å². The lowest BCUT2D eigenvalue weighted by Crippen LogP contribution is -2.18. The number of hydrogen-bond donors (Lipinski definition) is 1. The van der Waals surface area contributed by atoms with E-state index in [1.807, 2.05) is 49.6 Å². The van der Waals surface area contributed by atoms with Gasteiger partial charge in [0.25, 0.3) is 0 Å². The van der Waals surface area contributed by atoms with Gasteiger partial charge in [0.15, 0.2) is 0 Å². The summed E-state index contributed by atoms with van der Waals surface area (Å²) >= 11 is 0. The van der Waals surface area contributed by atoms with Crippen LogP contribution in [-0.4, -0.2) is 21.8 Å². The molecule has 0 aromatic carbocycles. The van der Waals surface area contributed by atoms with Crippen LogP contribution in [-0.2, 0) is 7.05 Å². The summed E-state index contributed by atoms with van der Waals surface area (Å²) in [5.74, 6) is 0. The fourth-order valence-electron chi connectivity index (χ4n) is 1.87. The number of hydrogen-bond acceptors (Lipinski definition) is 3. The molecular weight excluding hydrogens is 200 g/mol. The minimum atomic E-state index is 0.155. The number of nitrogens with one attached hydrogen (secondary N) is 1. The molecule has 1 unspecified atom stereocenters. The zero-order valence-electron chi connectivity index (χ0n) is 9.81. The Morgan fingerprint density at radius 1 is 1.38 bits per heavy atom. The van der Waals surface area contributed by atoms with Crippen LogP contribution in [0.25, 0.3) is 0 Å². The van der Waals surface area contributed by atoms with Gasteiger partial charge in [-0.25, -0.2) is 0 Å². The maximum Gasteiger partial charge on any atom is 0.0623 e. The van der Waals surface area contributed by atoms with Gasteiger partial charge in [-0.05, 0) is 31.2 Å². The van der Waals surface area contributed by atoms with Gasteiger partial charge in [0.05, 0.1) is 12.2 Å². The van der Waals surface area contributed by atoms with E-state index in [4.69, 9.17) is 0 Å². The Kier molecular flexibility index (Phi) is 3.01. The summed E-state index contributed by atoms with van der Waals surface area (Å²) in [4.78, 5) is 4.18. The Bertz CT molecular complexity index is 475. The SMILES string of the molecule is CNC(c1cnn(C)c1)c1cnccc1C. The van der Waals surface area contributed by atoms with E-state index in [0.29, 0.717) is 0 Å². The zero-order valence-corrected chi connectivity index (χ0v) is 9.81. The van der Waals surface area contributed by atoms with Crippen molar-refractivity contribution in [3.63, 3.8) is 0 Å². The topological polar surface area (TPSA) is 42.7 Å². The van der Waals surface area contributed by atoms with Crippen molar-refractivity contribution in [2.24, 2.45) is 7.05 Å². The summed E-state index contributed by atoms with van der Waals surface area (Å²) in [7, 11) is 3.87. The molecular formula is C12H16N4. The maximum atomic E-state index is 4.20. The molecule has 0 amide bonds. The van der Waals surface area contributed by atoms with E-state index in [1.165, 1.54) is 11.1 Å². The van der Waals surface area contributed by atoms with Crippen LogP contribution in [0.4, 0.5) is 0 Å². The third-order valence-electron chi connectivity index (χ3n) is 2.74. The Hall–Kier alpha value is -1.68. The molecule has 0 aliphatic carbocycles. The molecule has 0 aliphatic heterocycles. The van der Waals surface area contributed by atoms with Crippen molar-refractivity contribution >= 4 is 0 Å². The molecule has 0 aliphatic rings. The first kappa shape index (κ1) is 10.8. The predicted octanol–water partition coefficient (Wildman–Crippen LogP) is 1.43. The monoisotopic (exact) mass is 216 g/mol. The Labute approximate surface area is 95.3 Å². The van der Waals surface area contributed by atoms with E-state index in [1.54, 1.807) is 0 Å². The van der Waals surface area contributed by atoms with Crippen molar-refractivity contribution < 1.29 is 0 Å². The van der Waals surface area contributed by atoms with Gasteiger partial charge in [0.2, 0.25) is 0 Å². The summed E-state index contributed by atoms with van der Waals surface area (Å²) < 4.78 is 1.81. The van der Waals surface area contributed by atoms with Crippen LogP contribution in [0.1, 0.15) is 22.7 Å². The molecule has 2 heterocycles. The highest BCUT2D eigenvalue weighted by molar-refractivity contribution is 5.32. The Morgan fingerprint density at radius 3 is 2.75 bits per heavy atom. The highest BCUT2D eigenvalue weighted by atomic mass is 15.2. The van der Waals surface area contributed by atoms with Gasteiger partial charge in [-0.3, -0.25) is 9.67 Å². The fraction of sp³-hybridized carbons (Fsp3) is 0.333. The van der Waals surface area contributed by atoms with Gasteiger partial charge in [-0.1, -0.05) is 0 Å². The van der Waals surface area contributed by atoms with E-state index in [2.05, 4.69) is 22.3 Å². The van der Waals surface area contributed by atoms with Gasteiger partial charge < -0.3 is 5.32 Å². The van der Waals surface area contributed by atoms with Crippen molar-refractivity contribution in [1.29, 1.82) is 0 Å². The summed E-state index contributed by atoms with van der Waals surface area (Å²) in [6.07, 6.45) is 7.62. The van der Waals surface area contributed by atoms with Crippen molar-refractivity contribution in [2.45, 2.75) is 13.0 Å². The number of aryl methyl sites for hydroxylation is 2. The molecule has 4 heteroatoms. The van der Waals surface area contributed by atoms with Gasteiger partial charge in [-0.2, -0.15) is 5.10 Å². The smallest absolute Gasteiger partial charge is 0.0623 e. The van der Waals surface area contributed by atoms with Gasteiger partial charge >= 0.3 is 0 Å². The molecule has 2 aromatic heterocycles. The zero-order chi connectivity index (χ0) is 11.5. The van der Waals surface area contributed by atoms with Crippen LogP contribution < -0.4 is 5.32 Å². The highest BCUT2D eigenvalue weighted by Gasteiger charge is 2.15. The number of pyridine rings is 1.